The van der Waals surface area contributed by atoms with E-state index in [1.54, 1.807) is 12.1 Å². The quantitative estimate of drug-likeness (QED) is 0.487. The SMILES string of the molecule is CCCc1ccc(C(=O)CCC(=O)O[C@H](C)C(=O)NC(=O)NC2CCCC2)cc1. The zero-order chi connectivity index (χ0) is 21.2. The number of aryl methyl sites for hydroxylation is 1. The van der Waals surface area contributed by atoms with Crippen molar-refractivity contribution in [2.75, 3.05) is 0 Å². The number of nitrogens with one attached hydrogen (secondary N) is 2. The van der Waals surface area contributed by atoms with E-state index in [0.717, 1.165) is 38.5 Å². The number of amides is 3. The molecule has 1 aliphatic rings. The number of rotatable bonds is 9. The molecule has 1 aromatic carbocycles. The topological polar surface area (TPSA) is 102 Å². The summed E-state index contributed by atoms with van der Waals surface area (Å²) in [5.41, 5.74) is 1.72. The zero-order valence-electron chi connectivity index (χ0n) is 17.2. The standard InChI is InChI=1S/C22H30N2O5/c1-3-6-16-9-11-17(12-10-16)19(25)13-14-20(26)29-15(2)21(27)24-22(28)23-18-7-4-5-8-18/h9-12,15,18H,3-8,13-14H2,1-2H3,(H2,23,24,27,28)/t15-/m1/s1. The predicted molar refractivity (Wildman–Crippen MR) is 108 cm³/mol. The highest BCUT2D eigenvalue weighted by Crippen LogP contribution is 2.17. The van der Waals surface area contributed by atoms with Crippen LogP contribution in [-0.4, -0.2) is 35.8 Å². The first-order valence-corrected chi connectivity index (χ1v) is 10.3. The minimum Gasteiger partial charge on any atom is -0.453 e. The highest BCUT2D eigenvalue weighted by Gasteiger charge is 2.23. The fraction of sp³-hybridized carbons (Fsp3) is 0.545. The van der Waals surface area contributed by atoms with Gasteiger partial charge in [-0.15, -0.1) is 0 Å². The summed E-state index contributed by atoms with van der Waals surface area (Å²) in [6, 6.07) is 6.86. The summed E-state index contributed by atoms with van der Waals surface area (Å²) in [5.74, 6) is -1.50. The molecule has 29 heavy (non-hydrogen) atoms. The first-order valence-electron chi connectivity index (χ1n) is 10.3. The van der Waals surface area contributed by atoms with Crippen LogP contribution < -0.4 is 10.6 Å². The average molecular weight is 402 g/mol. The van der Waals surface area contributed by atoms with Crippen molar-refractivity contribution in [3.8, 4) is 0 Å². The second-order valence-electron chi connectivity index (χ2n) is 7.45. The second-order valence-corrected chi connectivity index (χ2v) is 7.45. The van der Waals surface area contributed by atoms with Crippen molar-refractivity contribution in [2.45, 2.75) is 77.4 Å². The summed E-state index contributed by atoms with van der Waals surface area (Å²) in [4.78, 5) is 48.0. The van der Waals surface area contributed by atoms with Crippen LogP contribution in [-0.2, 0) is 20.7 Å². The number of Topliss-reactive ketones (excluding diaryl/α,β-unsaturated/α-hetero) is 1. The lowest BCUT2D eigenvalue weighted by atomic mass is 10.0. The molecule has 1 aromatic rings. The van der Waals surface area contributed by atoms with Crippen molar-refractivity contribution in [2.24, 2.45) is 0 Å². The van der Waals surface area contributed by atoms with E-state index in [4.69, 9.17) is 4.74 Å². The Hall–Kier alpha value is -2.70. The Bertz CT molecular complexity index is 723. The molecule has 0 saturated heterocycles. The molecule has 7 heteroatoms. The summed E-state index contributed by atoms with van der Waals surface area (Å²) in [5, 5.41) is 4.92. The molecule has 2 rings (SSSR count). The predicted octanol–water partition coefficient (Wildman–Crippen LogP) is 3.30. The summed E-state index contributed by atoms with van der Waals surface area (Å²) < 4.78 is 5.04. The lowest BCUT2D eigenvalue weighted by Gasteiger charge is -2.15. The zero-order valence-corrected chi connectivity index (χ0v) is 17.2. The van der Waals surface area contributed by atoms with Gasteiger partial charge in [0.25, 0.3) is 5.91 Å². The fourth-order valence-electron chi connectivity index (χ4n) is 3.32. The van der Waals surface area contributed by atoms with Gasteiger partial charge in [0.1, 0.15) is 0 Å². The number of carbonyl (C=O) groups is 4. The average Bonchev–Trinajstić information content (AvgIpc) is 3.19. The monoisotopic (exact) mass is 402 g/mol. The van der Waals surface area contributed by atoms with Gasteiger partial charge in [0.05, 0.1) is 6.42 Å². The van der Waals surface area contributed by atoms with Gasteiger partial charge in [-0.2, -0.15) is 0 Å². The normalized spacial score (nSPS) is 14.8. The Morgan fingerprint density at radius 3 is 2.34 bits per heavy atom. The Morgan fingerprint density at radius 2 is 1.72 bits per heavy atom. The summed E-state index contributed by atoms with van der Waals surface area (Å²) >= 11 is 0. The highest BCUT2D eigenvalue weighted by molar-refractivity contribution is 5.98. The maximum atomic E-state index is 12.2. The smallest absolute Gasteiger partial charge is 0.321 e. The van der Waals surface area contributed by atoms with Crippen LogP contribution in [0.2, 0.25) is 0 Å². The van der Waals surface area contributed by atoms with Crippen LogP contribution >= 0.6 is 0 Å². The Balaban J connectivity index is 1.70. The van der Waals surface area contributed by atoms with Crippen molar-refractivity contribution in [3.63, 3.8) is 0 Å². The van der Waals surface area contributed by atoms with Gasteiger partial charge in [-0.3, -0.25) is 19.7 Å². The van der Waals surface area contributed by atoms with Crippen molar-refractivity contribution in [3.05, 3.63) is 35.4 Å². The van der Waals surface area contributed by atoms with Crippen molar-refractivity contribution in [1.29, 1.82) is 0 Å². The van der Waals surface area contributed by atoms with Gasteiger partial charge >= 0.3 is 12.0 Å². The number of benzene rings is 1. The molecule has 7 nitrogen and oxygen atoms in total. The van der Waals surface area contributed by atoms with E-state index < -0.39 is 24.0 Å². The number of carbonyl (C=O) groups excluding carboxylic acids is 4. The third kappa shape index (κ3) is 7.68. The van der Waals surface area contributed by atoms with Crippen LogP contribution in [0.25, 0.3) is 0 Å². The lowest BCUT2D eigenvalue weighted by Crippen LogP contribution is -2.47. The first kappa shape index (κ1) is 22.6. The molecule has 0 spiro atoms. The second kappa shape index (κ2) is 11.3. The molecule has 1 atom stereocenters. The van der Waals surface area contributed by atoms with Crippen LogP contribution in [0.4, 0.5) is 4.79 Å². The summed E-state index contributed by atoms with van der Waals surface area (Å²) in [6.45, 7) is 3.48. The van der Waals surface area contributed by atoms with E-state index in [9.17, 15) is 19.2 Å². The van der Waals surface area contributed by atoms with Gasteiger partial charge < -0.3 is 10.1 Å². The number of imide groups is 1. The summed E-state index contributed by atoms with van der Waals surface area (Å²) in [6.07, 6.45) is 4.70. The van der Waals surface area contributed by atoms with Crippen LogP contribution in [0.3, 0.4) is 0 Å². The first-order chi connectivity index (χ1) is 13.9. The van der Waals surface area contributed by atoms with Crippen LogP contribution in [0.5, 0.6) is 0 Å². The van der Waals surface area contributed by atoms with E-state index in [1.807, 2.05) is 12.1 Å². The molecule has 0 aliphatic heterocycles. The molecule has 3 amide bonds. The molecule has 0 heterocycles. The third-order valence-corrected chi connectivity index (χ3v) is 4.98. The Morgan fingerprint density at radius 1 is 1.07 bits per heavy atom. The number of ether oxygens (including phenoxy) is 1. The van der Waals surface area contributed by atoms with Gasteiger partial charge in [0.15, 0.2) is 11.9 Å². The van der Waals surface area contributed by atoms with Gasteiger partial charge in [0, 0.05) is 18.0 Å². The molecular weight excluding hydrogens is 372 g/mol. The molecule has 0 aromatic heterocycles. The molecule has 158 valence electrons. The van der Waals surface area contributed by atoms with E-state index in [-0.39, 0.29) is 24.7 Å². The summed E-state index contributed by atoms with van der Waals surface area (Å²) in [7, 11) is 0. The maximum absolute atomic E-state index is 12.2. The molecule has 0 bridgehead atoms. The van der Waals surface area contributed by atoms with Gasteiger partial charge in [-0.25, -0.2) is 4.79 Å². The van der Waals surface area contributed by atoms with Crippen molar-refractivity contribution in [1.82, 2.24) is 10.6 Å². The Labute approximate surface area is 171 Å². The lowest BCUT2D eigenvalue weighted by molar-refractivity contribution is -0.154. The number of esters is 1. The van der Waals surface area contributed by atoms with Crippen molar-refractivity contribution >= 4 is 23.7 Å². The van der Waals surface area contributed by atoms with E-state index in [2.05, 4.69) is 17.6 Å². The molecule has 0 radical (unpaired) electrons. The van der Waals surface area contributed by atoms with Crippen LogP contribution in [0.1, 0.15) is 74.7 Å². The number of ketones is 1. The van der Waals surface area contributed by atoms with Gasteiger partial charge in [-0.1, -0.05) is 50.5 Å². The van der Waals surface area contributed by atoms with Crippen LogP contribution in [0, 0.1) is 0 Å². The highest BCUT2D eigenvalue weighted by atomic mass is 16.5. The van der Waals surface area contributed by atoms with E-state index >= 15 is 0 Å². The molecule has 2 N–H and O–H groups in total. The maximum Gasteiger partial charge on any atom is 0.321 e. The van der Waals surface area contributed by atoms with E-state index in [0.29, 0.717) is 5.56 Å². The Kier molecular flexibility index (Phi) is 8.83. The number of hydrogen-bond acceptors (Lipinski definition) is 5. The fourth-order valence-corrected chi connectivity index (χ4v) is 3.32. The van der Waals surface area contributed by atoms with Gasteiger partial charge in [0.2, 0.25) is 0 Å². The molecule has 1 aliphatic carbocycles. The van der Waals surface area contributed by atoms with Crippen LogP contribution in [0.15, 0.2) is 24.3 Å². The number of hydrogen-bond donors (Lipinski definition) is 2. The number of urea groups is 1. The van der Waals surface area contributed by atoms with E-state index in [1.165, 1.54) is 12.5 Å². The molecule has 0 unspecified atom stereocenters. The minimum absolute atomic E-state index is 0.00244. The third-order valence-electron chi connectivity index (χ3n) is 4.98. The van der Waals surface area contributed by atoms with Crippen molar-refractivity contribution < 1.29 is 23.9 Å². The largest absolute Gasteiger partial charge is 0.453 e. The minimum atomic E-state index is -1.11. The molecule has 1 fully saturated rings. The molecular formula is C22H30N2O5. The molecule has 1 saturated carbocycles. The van der Waals surface area contributed by atoms with Gasteiger partial charge in [-0.05, 0) is 31.7 Å².